The summed E-state index contributed by atoms with van der Waals surface area (Å²) in [7, 11) is 0. The van der Waals surface area contributed by atoms with Gasteiger partial charge in [0.1, 0.15) is 13.2 Å². The van der Waals surface area contributed by atoms with Crippen molar-refractivity contribution in [3.05, 3.63) is 24.3 Å². The van der Waals surface area contributed by atoms with Crippen LogP contribution in [0.2, 0.25) is 0 Å². The van der Waals surface area contributed by atoms with E-state index in [4.69, 9.17) is 14.2 Å². The minimum Gasteiger partial charge on any atom is -0.462 e. The molecule has 0 rings (SSSR count). The second-order valence-corrected chi connectivity index (χ2v) is 22.0. The van der Waals surface area contributed by atoms with Gasteiger partial charge in [0, 0.05) is 19.3 Å². The molecule has 1 atom stereocenters. The van der Waals surface area contributed by atoms with Gasteiger partial charge in [-0.25, -0.2) is 0 Å². The molecular formula is C66H124O6. The Balaban J connectivity index is 4.19. The van der Waals surface area contributed by atoms with E-state index in [1.165, 1.54) is 250 Å². The lowest BCUT2D eigenvalue weighted by Crippen LogP contribution is -2.30. The van der Waals surface area contributed by atoms with Crippen LogP contribution >= 0.6 is 0 Å². The molecule has 6 nitrogen and oxygen atoms in total. The third-order valence-electron chi connectivity index (χ3n) is 14.7. The highest BCUT2D eigenvalue weighted by atomic mass is 16.6. The number of hydrogen-bond acceptors (Lipinski definition) is 6. The summed E-state index contributed by atoms with van der Waals surface area (Å²) >= 11 is 0. The Kier molecular flexibility index (Phi) is 59.6. The number of hydrogen-bond donors (Lipinski definition) is 0. The van der Waals surface area contributed by atoms with Crippen LogP contribution in [0.15, 0.2) is 24.3 Å². The van der Waals surface area contributed by atoms with Gasteiger partial charge >= 0.3 is 17.9 Å². The molecule has 72 heavy (non-hydrogen) atoms. The summed E-state index contributed by atoms with van der Waals surface area (Å²) in [4.78, 5) is 38.2. The van der Waals surface area contributed by atoms with Crippen molar-refractivity contribution in [3.8, 4) is 0 Å². The van der Waals surface area contributed by atoms with Crippen LogP contribution < -0.4 is 0 Å². The molecule has 0 saturated heterocycles. The minimum absolute atomic E-state index is 0.0695. The van der Waals surface area contributed by atoms with Crippen LogP contribution in [0.1, 0.15) is 361 Å². The second-order valence-electron chi connectivity index (χ2n) is 22.0. The molecule has 0 amide bonds. The molecule has 0 spiro atoms. The Morgan fingerprint density at radius 2 is 0.486 bits per heavy atom. The van der Waals surface area contributed by atoms with Crippen LogP contribution in [-0.2, 0) is 28.6 Å². The van der Waals surface area contributed by atoms with Gasteiger partial charge in [0.15, 0.2) is 6.10 Å². The molecule has 0 aromatic rings. The van der Waals surface area contributed by atoms with E-state index in [2.05, 4.69) is 45.1 Å². The van der Waals surface area contributed by atoms with Gasteiger partial charge < -0.3 is 14.2 Å². The molecule has 0 fully saturated rings. The van der Waals surface area contributed by atoms with E-state index in [0.29, 0.717) is 19.3 Å². The topological polar surface area (TPSA) is 78.9 Å². The number of ether oxygens (including phenoxy) is 3. The molecule has 0 aromatic carbocycles. The quantitative estimate of drug-likeness (QED) is 0.0261. The summed E-state index contributed by atoms with van der Waals surface area (Å²) < 4.78 is 16.9. The van der Waals surface area contributed by atoms with E-state index in [1.807, 2.05) is 0 Å². The first-order chi connectivity index (χ1) is 35.5. The van der Waals surface area contributed by atoms with Crippen molar-refractivity contribution in [2.45, 2.75) is 367 Å². The summed E-state index contributed by atoms with van der Waals surface area (Å²) in [5.41, 5.74) is 0. The van der Waals surface area contributed by atoms with Crippen LogP contribution in [0.25, 0.3) is 0 Å². The minimum atomic E-state index is -0.771. The van der Waals surface area contributed by atoms with Crippen molar-refractivity contribution in [1.82, 2.24) is 0 Å². The standard InChI is InChI=1S/C66H124O6/c1-4-7-10-13-16-19-22-24-26-28-30-32-33-35-36-38-40-42-44-47-50-53-56-59-65(68)71-62-63(61-70-64(67)58-55-52-49-46-21-18-15-12-9-6-3)72-66(69)60-57-54-51-48-45-43-41-39-37-34-31-29-27-25-23-20-17-14-11-8-5-2/h12,15,28,30,63H,4-11,13-14,16-27,29,31-62H2,1-3H3/b15-12-,30-28-. The van der Waals surface area contributed by atoms with Crippen molar-refractivity contribution in [1.29, 1.82) is 0 Å². The van der Waals surface area contributed by atoms with E-state index in [1.54, 1.807) is 0 Å². The molecule has 6 heteroatoms. The third kappa shape index (κ3) is 58.8. The Morgan fingerprint density at radius 1 is 0.264 bits per heavy atom. The van der Waals surface area contributed by atoms with E-state index in [-0.39, 0.29) is 31.1 Å². The van der Waals surface area contributed by atoms with Crippen LogP contribution in [-0.4, -0.2) is 37.2 Å². The van der Waals surface area contributed by atoms with Gasteiger partial charge in [-0.05, 0) is 64.2 Å². The lowest BCUT2D eigenvalue weighted by atomic mass is 10.0. The van der Waals surface area contributed by atoms with Gasteiger partial charge in [0.05, 0.1) is 0 Å². The van der Waals surface area contributed by atoms with Gasteiger partial charge in [0.25, 0.3) is 0 Å². The fourth-order valence-corrected chi connectivity index (χ4v) is 9.80. The van der Waals surface area contributed by atoms with Crippen molar-refractivity contribution in [2.75, 3.05) is 13.2 Å². The largest absolute Gasteiger partial charge is 0.462 e. The predicted molar refractivity (Wildman–Crippen MR) is 312 cm³/mol. The summed E-state index contributed by atoms with van der Waals surface area (Å²) in [5, 5.41) is 0. The highest BCUT2D eigenvalue weighted by Gasteiger charge is 2.19. The van der Waals surface area contributed by atoms with E-state index in [0.717, 1.165) is 70.6 Å². The maximum Gasteiger partial charge on any atom is 0.306 e. The average molecular weight is 1010 g/mol. The van der Waals surface area contributed by atoms with E-state index >= 15 is 0 Å². The first-order valence-corrected chi connectivity index (χ1v) is 32.3. The van der Waals surface area contributed by atoms with Crippen LogP contribution in [0.4, 0.5) is 0 Å². The zero-order chi connectivity index (χ0) is 52.2. The Bertz CT molecular complexity index is 1160. The number of carbonyl (C=O) groups excluding carboxylic acids is 3. The smallest absolute Gasteiger partial charge is 0.306 e. The summed E-state index contributed by atoms with van der Waals surface area (Å²) in [6.07, 6.45) is 73.4. The fourth-order valence-electron chi connectivity index (χ4n) is 9.80. The number of rotatable bonds is 60. The van der Waals surface area contributed by atoms with Gasteiger partial charge in [-0.15, -0.1) is 0 Å². The van der Waals surface area contributed by atoms with Crippen molar-refractivity contribution in [2.24, 2.45) is 0 Å². The maximum absolute atomic E-state index is 12.9. The molecule has 0 N–H and O–H groups in total. The average Bonchev–Trinajstić information content (AvgIpc) is 3.38. The predicted octanol–water partition coefficient (Wildman–Crippen LogP) is 21.8. The Hall–Kier alpha value is -2.11. The molecule has 424 valence electrons. The molecule has 0 heterocycles. The summed E-state index contributed by atoms with van der Waals surface area (Å²) in [5.74, 6) is -0.856. The molecule has 0 radical (unpaired) electrons. The number of esters is 3. The normalized spacial score (nSPS) is 12.1. The van der Waals surface area contributed by atoms with Gasteiger partial charge in [-0.3, -0.25) is 14.4 Å². The number of allylic oxidation sites excluding steroid dienone is 4. The van der Waals surface area contributed by atoms with Crippen molar-refractivity contribution in [3.63, 3.8) is 0 Å². The fraction of sp³-hybridized carbons (Fsp3) is 0.894. The third-order valence-corrected chi connectivity index (χ3v) is 14.7. The molecular weight excluding hydrogens is 889 g/mol. The summed E-state index contributed by atoms with van der Waals surface area (Å²) in [6.45, 7) is 6.64. The van der Waals surface area contributed by atoms with Gasteiger partial charge in [0.2, 0.25) is 0 Å². The molecule has 0 aliphatic rings. The van der Waals surface area contributed by atoms with E-state index < -0.39 is 6.10 Å². The molecule has 1 unspecified atom stereocenters. The molecule has 0 bridgehead atoms. The lowest BCUT2D eigenvalue weighted by molar-refractivity contribution is -0.167. The van der Waals surface area contributed by atoms with E-state index in [9.17, 15) is 14.4 Å². The van der Waals surface area contributed by atoms with Crippen molar-refractivity contribution >= 4 is 17.9 Å². The summed E-state index contributed by atoms with van der Waals surface area (Å²) in [6, 6.07) is 0. The van der Waals surface area contributed by atoms with Crippen LogP contribution in [0.5, 0.6) is 0 Å². The maximum atomic E-state index is 12.9. The molecule has 0 saturated carbocycles. The number of carbonyl (C=O) groups is 3. The van der Waals surface area contributed by atoms with Crippen LogP contribution in [0.3, 0.4) is 0 Å². The Labute approximate surface area is 449 Å². The zero-order valence-corrected chi connectivity index (χ0v) is 48.7. The lowest BCUT2D eigenvalue weighted by Gasteiger charge is -2.18. The van der Waals surface area contributed by atoms with Crippen molar-refractivity contribution < 1.29 is 28.6 Å². The monoisotopic (exact) mass is 1010 g/mol. The van der Waals surface area contributed by atoms with Gasteiger partial charge in [-0.1, -0.05) is 302 Å². The first kappa shape index (κ1) is 69.9. The molecule has 0 aromatic heterocycles. The SMILES string of the molecule is CCC/C=C\CCCCCCCC(=O)OCC(COC(=O)CCCCCCCCCCCCC/C=C\CCCCCCCCCC)OC(=O)CCCCCCCCCCCCCCCCCCCCCCC. The van der Waals surface area contributed by atoms with Crippen LogP contribution in [0, 0.1) is 0 Å². The highest BCUT2D eigenvalue weighted by molar-refractivity contribution is 5.71. The highest BCUT2D eigenvalue weighted by Crippen LogP contribution is 2.18. The zero-order valence-electron chi connectivity index (χ0n) is 48.7. The van der Waals surface area contributed by atoms with Gasteiger partial charge in [-0.2, -0.15) is 0 Å². The first-order valence-electron chi connectivity index (χ1n) is 32.3. The number of unbranched alkanes of at least 4 members (excludes halogenated alkanes) is 45. The molecule has 0 aliphatic heterocycles. The Morgan fingerprint density at radius 3 is 0.750 bits per heavy atom. The second kappa shape index (κ2) is 61.4. The molecule has 0 aliphatic carbocycles.